The van der Waals surface area contributed by atoms with Gasteiger partial charge in [0.1, 0.15) is 0 Å². The van der Waals surface area contributed by atoms with E-state index in [1.54, 1.807) is 12.1 Å². The van der Waals surface area contributed by atoms with Crippen LogP contribution >= 0.6 is 34.1 Å². The van der Waals surface area contributed by atoms with Gasteiger partial charge in [0.15, 0.2) is 17.5 Å². The molecule has 0 unspecified atom stereocenters. The summed E-state index contributed by atoms with van der Waals surface area (Å²) >= 11 is 3.12. The molecule has 0 aliphatic heterocycles. The summed E-state index contributed by atoms with van der Waals surface area (Å²) in [7, 11) is 0. The monoisotopic (exact) mass is 443 g/mol. The molecule has 0 saturated carbocycles. The molecule has 3 rings (SSSR count). The first kappa shape index (κ1) is 15.9. The van der Waals surface area contributed by atoms with E-state index < -0.39 is 11.6 Å². The Morgan fingerprint density at radius 1 is 1.09 bits per heavy atom. The van der Waals surface area contributed by atoms with Crippen LogP contribution in [0.2, 0.25) is 0 Å². The predicted molar refractivity (Wildman–Crippen MR) is 92.4 cm³/mol. The molecule has 4 nitrogen and oxygen atoms in total. The third kappa shape index (κ3) is 3.70. The van der Waals surface area contributed by atoms with E-state index in [0.29, 0.717) is 11.1 Å². The van der Waals surface area contributed by atoms with E-state index >= 15 is 0 Å². The zero-order chi connectivity index (χ0) is 16.4. The number of amides is 1. The normalized spacial score (nSPS) is 10.6. The number of hydrogen-bond acceptors (Lipinski definition) is 4. The molecular weight excluding hydrogens is 435 g/mol. The van der Waals surface area contributed by atoms with E-state index in [9.17, 15) is 13.6 Å². The molecule has 0 radical (unpaired) electrons. The lowest BCUT2D eigenvalue weighted by Crippen LogP contribution is -2.11. The van der Waals surface area contributed by atoms with Gasteiger partial charge in [-0.1, -0.05) is 0 Å². The van der Waals surface area contributed by atoms with Crippen LogP contribution in [0.1, 0.15) is 10.4 Å². The summed E-state index contributed by atoms with van der Waals surface area (Å²) in [6.07, 6.45) is 0. The fraction of sp³-hybridized carbons (Fsp3) is 0. The van der Waals surface area contributed by atoms with Gasteiger partial charge >= 0.3 is 0 Å². The number of carbonyl (C=O) groups excluding carboxylic acids is 1. The highest BCUT2D eigenvalue weighted by Crippen LogP contribution is 2.23. The van der Waals surface area contributed by atoms with Crippen molar-refractivity contribution in [1.29, 1.82) is 0 Å². The predicted octanol–water partition coefficient (Wildman–Crippen LogP) is 4.34. The minimum atomic E-state index is -0.971. The fourth-order valence-electron chi connectivity index (χ4n) is 1.80. The molecule has 0 saturated heterocycles. The molecule has 0 aliphatic rings. The summed E-state index contributed by atoms with van der Waals surface area (Å²) in [4.78, 5) is 16.2. The number of carbonyl (C=O) groups is 1. The maximum atomic E-state index is 13.2. The van der Waals surface area contributed by atoms with Crippen molar-refractivity contribution in [2.24, 2.45) is 0 Å². The molecule has 1 amide bonds. The average Bonchev–Trinajstić information content (AvgIpc) is 2.99. The van der Waals surface area contributed by atoms with Gasteiger partial charge in [-0.2, -0.15) is 9.36 Å². The highest BCUT2D eigenvalue weighted by molar-refractivity contribution is 14.1. The van der Waals surface area contributed by atoms with Crippen LogP contribution in [0.25, 0.3) is 11.4 Å². The van der Waals surface area contributed by atoms with Crippen LogP contribution in [0.5, 0.6) is 0 Å². The molecule has 2 aromatic carbocycles. The average molecular weight is 443 g/mol. The van der Waals surface area contributed by atoms with Crippen LogP contribution in [0.4, 0.5) is 13.9 Å². The summed E-state index contributed by atoms with van der Waals surface area (Å²) in [5, 5.41) is 2.91. The molecule has 1 aromatic heterocycles. The van der Waals surface area contributed by atoms with E-state index in [-0.39, 0.29) is 16.9 Å². The number of rotatable bonds is 3. The van der Waals surface area contributed by atoms with Crippen molar-refractivity contribution in [2.75, 3.05) is 5.32 Å². The molecule has 116 valence electrons. The lowest BCUT2D eigenvalue weighted by molar-refractivity contribution is 0.102. The fourth-order valence-corrected chi connectivity index (χ4v) is 2.74. The van der Waals surface area contributed by atoms with E-state index in [4.69, 9.17) is 0 Å². The standard InChI is InChI=1S/C15H8F2IN3OS/c16-11-6-3-9(7-12(11)17)13-19-15(23-21-13)20-14(22)8-1-4-10(18)5-2-8/h1-7H,(H,19,20,21,22). The van der Waals surface area contributed by atoms with E-state index in [1.807, 2.05) is 12.1 Å². The molecule has 1 N–H and O–H groups in total. The first-order chi connectivity index (χ1) is 11.0. The SMILES string of the molecule is O=C(Nc1nc(-c2ccc(F)c(F)c2)ns1)c1ccc(I)cc1. The zero-order valence-electron chi connectivity index (χ0n) is 11.4. The molecule has 8 heteroatoms. The van der Waals surface area contributed by atoms with Gasteiger partial charge in [0.2, 0.25) is 5.13 Å². The number of nitrogens with zero attached hydrogens (tertiary/aromatic N) is 2. The van der Waals surface area contributed by atoms with Crippen molar-refractivity contribution in [2.45, 2.75) is 0 Å². The number of halogens is 3. The molecule has 0 atom stereocenters. The molecule has 0 aliphatic carbocycles. The van der Waals surface area contributed by atoms with Gasteiger partial charge < -0.3 is 0 Å². The Kier molecular flexibility index (Phi) is 4.62. The second-order valence-corrected chi connectivity index (χ2v) is 6.51. The van der Waals surface area contributed by atoms with Gasteiger partial charge in [0.25, 0.3) is 5.91 Å². The van der Waals surface area contributed by atoms with Gasteiger partial charge in [0.05, 0.1) is 0 Å². The Morgan fingerprint density at radius 3 is 2.52 bits per heavy atom. The van der Waals surface area contributed by atoms with E-state index in [0.717, 1.165) is 27.2 Å². The van der Waals surface area contributed by atoms with Crippen LogP contribution in [0, 0.1) is 15.2 Å². The third-order valence-corrected chi connectivity index (χ3v) is 4.28. The first-order valence-corrected chi connectivity index (χ1v) is 8.24. The van der Waals surface area contributed by atoms with Crippen molar-refractivity contribution in [1.82, 2.24) is 9.36 Å². The van der Waals surface area contributed by atoms with Crippen molar-refractivity contribution < 1.29 is 13.6 Å². The topological polar surface area (TPSA) is 54.9 Å². The second-order valence-electron chi connectivity index (χ2n) is 4.51. The third-order valence-electron chi connectivity index (χ3n) is 2.93. The van der Waals surface area contributed by atoms with Crippen LogP contribution in [-0.4, -0.2) is 15.3 Å². The maximum Gasteiger partial charge on any atom is 0.257 e. The molecule has 23 heavy (non-hydrogen) atoms. The zero-order valence-corrected chi connectivity index (χ0v) is 14.4. The Labute approximate surface area is 147 Å². The number of nitrogens with one attached hydrogen (secondary N) is 1. The Bertz CT molecular complexity index is 867. The molecule has 0 fully saturated rings. The molecule has 0 spiro atoms. The highest BCUT2D eigenvalue weighted by atomic mass is 127. The van der Waals surface area contributed by atoms with Crippen LogP contribution < -0.4 is 5.32 Å². The maximum absolute atomic E-state index is 13.2. The Balaban J connectivity index is 1.77. The Hall–Kier alpha value is -1.94. The molecule has 3 aromatic rings. The minimum absolute atomic E-state index is 0.229. The van der Waals surface area contributed by atoms with Gasteiger partial charge in [-0.3, -0.25) is 10.1 Å². The van der Waals surface area contributed by atoms with Crippen LogP contribution in [-0.2, 0) is 0 Å². The van der Waals surface area contributed by atoms with Gasteiger partial charge in [-0.15, -0.1) is 0 Å². The summed E-state index contributed by atoms with van der Waals surface area (Å²) < 4.78 is 31.2. The number of aromatic nitrogens is 2. The van der Waals surface area contributed by atoms with Crippen molar-refractivity contribution in [3.63, 3.8) is 0 Å². The van der Waals surface area contributed by atoms with Gasteiger partial charge in [-0.05, 0) is 65.1 Å². The molecular formula is C15H8F2IN3OS. The lowest BCUT2D eigenvalue weighted by atomic mass is 10.2. The van der Waals surface area contributed by atoms with Crippen molar-refractivity contribution >= 4 is 45.2 Å². The van der Waals surface area contributed by atoms with E-state index in [2.05, 4.69) is 37.3 Å². The largest absolute Gasteiger partial charge is 0.297 e. The summed E-state index contributed by atoms with van der Waals surface area (Å²) in [6, 6.07) is 10.5. The quantitative estimate of drug-likeness (QED) is 0.613. The van der Waals surface area contributed by atoms with Crippen molar-refractivity contribution in [3.05, 3.63) is 63.2 Å². The van der Waals surface area contributed by atoms with Crippen molar-refractivity contribution in [3.8, 4) is 11.4 Å². The van der Waals surface area contributed by atoms with Gasteiger partial charge in [0, 0.05) is 26.2 Å². The summed E-state index contributed by atoms with van der Waals surface area (Å²) in [5.41, 5.74) is 0.838. The van der Waals surface area contributed by atoms with E-state index in [1.165, 1.54) is 6.07 Å². The molecule has 0 bridgehead atoms. The first-order valence-electron chi connectivity index (χ1n) is 6.39. The van der Waals surface area contributed by atoms with Crippen LogP contribution in [0.15, 0.2) is 42.5 Å². The summed E-state index contributed by atoms with van der Waals surface area (Å²) in [5.74, 6) is -1.99. The van der Waals surface area contributed by atoms with Gasteiger partial charge in [-0.25, -0.2) is 8.78 Å². The summed E-state index contributed by atoms with van der Waals surface area (Å²) in [6.45, 7) is 0. The minimum Gasteiger partial charge on any atom is -0.297 e. The highest BCUT2D eigenvalue weighted by Gasteiger charge is 2.12. The second kappa shape index (κ2) is 6.67. The lowest BCUT2D eigenvalue weighted by Gasteiger charge is -2.01. The number of hydrogen-bond donors (Lipinski definition) is 1. The number of anilines is 1. The smallest absolute Gasteiger partial charge is 0.257 e. The Morgan fingerprint density at radius 2 is 1.83 bits per heavy atom. The molecule has 1 heterocycles. The van der Waals surface area contributed by atoms with Crippen LogP contribution in [0.3, 0.4) is 0 Å². The number of benzene rings is 2.